The molecule has 0 atom stereocenters. The van der Waals surface area contributed by atoms with Crippen molar-refractivity contribution in [1.29, 1.82) is 0 Å². The van der Waals surface area contributed by atoms with E-state index in [0.29, 0.717) is 35.8 Å². The molecule has 4 rings (SSSR count). The number of nitrogens with zero attached hydrogens (tertiary/aromatic N) is 7. The van der Waals surface area contributed by atoms with Gasteiger partial charge in [-0.1, -0.05) is 5.21 Å². The van der Waals surface area contributed by atoms with E-state index in [1.54, 1.807) is 18.6 Å². The molecule has 0 aliphatic rings. The monoisotopic (exact) mass is 536 g/mol. The maximum Gasteiger partial charge on any atom is 0.306 e. The van der Waals surface area contributed by atoms with Gasteiger partial charge in [0.05, 0.1) is 38.2 Å². The van der Waals surface area contributed by atoms with E-state index >= 15 is 0 Å². The van der Waals surface area contributed by atoms with E-state index < -0.39 is 11.6 Å². The molecule has 13 nitrogen and oxygen atoms in total. The Morgan fingerprint density at radius 1 is 1.05 bits per heavy atom. The zero-order valence-corrected chi connectivity index (χ0v) is 22.2. The van der Waals surface area contributed by atoms with Gasteiger partial charge in [-0.05, 0) is 64.3 Å². The lowest BCUT2D eigenvalue weighted by Gasteiger charge is -2.19. The zero-order valence-electron chi connectivity index (χ0n) is 22.2. The number of benzene rings is 1. The van der Waals surface area contributed by atoms with Crippen LogP contribution in [0.4, 0.5) is 11.6 Å². The summed E-state index contributed by atoms with van der Waals surface area (Å²) in [7, 11) is 0. The average Bonchev–Trinajstić information content (AvgIpc) is 3.51. The fourth-order valence-electron chi connectivity index (χ4n) is 3.65. The SMILES string of the molecule is CC(C)(C)OC(=O)CCCCCOc1ccc(Nc2ncc3nnn(-c4cnn(CCC(=O)O)c4)c3n2)cc1. The Kier molecular flexibility index (Phi) is 8.69. The summed E-state index contributed by atoms with van der Waals surface area (Å²) in [6, 6.07) is 7.46. The largest absolute Gasteiger partial charge is 0.494 e. The topological polar surface area (TPSA) is 159 Å². The smallest absolute Gasteiger partial charge is 0.306 e. The Labute approximate surface area is 225 Å². The predicted molar refractivity (Wildman–Crippen MR) is 142 cm³/mol. The molecule has 0 bridgehead atoms. The summed E-state index contributed by atoms with van der Waals surface area (Å²) in [5.74, 6) is 0.0436. The highest BCUT2D eigenvalue weighted by molar-refractivity contribution is 5.72. The van der Waals surface area contributed by atoms with Gasteiger partial charge in [-0.2, -0.15) is 14.8 Å². The molecular formula is C26H32N8O5. The van der Waals surface area contributed by atoms with Crippen LogP contribution in [-0.2, 0) is 20.9 Å². The van der Waals surface area contributed by atoms with Crippen LogP contribution in [0.1, 0.15) is 52.9 Å². The Balaban J connectivity index is 1.27. The normalized spacial score (nSPS) is 11.5. The molecule has 0 saturated heterocycles. The number of carbonyl (C=O) groups is 2. The fourth-order valence-corrected chi connectivity index (χ4v) is 3.65. The lowest BCUT2D eigenvalue weighted by atomic mass is 10.1. The molecule has 3 heterocycles. The average molecular weight is 537 g/mol. The number of aryl methyl sites for hydroxylation is 1. The van der Waals surface area contributed by atoms with Crippen LogP contribution in [0.5, 0.6) is 5.75 Å². The highest BCUT2D eigenvalue weighted by atomic mass is 16.6. The number of nitrogens with one attached hydrogen (secondary N) is 1. The number of carboxylic acids is 1. The van der Waals surface area contributed by atoms with Crippen molar-refractivity contribution in [2.24, 2.45) is 0 Å². The van der Waals surface area contributed by atoms with Crippen LogP contribution >= 0.6 is 0 Å². The third-order valence-corrected chi connectivity index (χ3v) is 5.44. The Morgan fingerprint density at radius 2 is 1.85 bits per heavy atom. The van der Waals surface area contributed by atoms with Crippen LogP contribution in [0.2, 0.25) is 0 Å². The number of carbonyl (C=O) groups excluding carboxylic acids is 1. The van der Waals surface area contributed by atoms with Gasteiger partial charge in [0.2, 0.25) is 5.95 Å². The quantitative estimate of drug-likeness (QED) is 0.188. The van der Waals surface area contributed by atoms with Crippen molar-refractivity contribution in [1.82, 2.24) is 34.7 Å². The van der Waals surface area contributed by atoms with Crippen molar-refractivity contribution in [3.8, 4) is 11.4 Å². The lowest BCUT2D eigenvalue weighted by Crippen LogP contribution is -2.23. The molecule has 39 heavy (non-hydrogen) atoms. The standard InChI is InChI=1S/C26H32N8O5/c1-26(2,3)39-23(37)7-5-4-6-14-38-20-10-8-18(9-11-20)29-25-27-16-21-24(30-25)34(32-31-21)19-15-28-33(17-19)13-12-22(35)36/h8-11,15-17H,4-7,12-14H2,1-3H3,(H,35,36)(H,27,29,30). The molecule has 4 aromatic rings. The summed E-state index contributed by atoms with van der Waals surface area (Å²) >= 11 is 0. The first-order valence-corrected chi connectivity index (χ1v) is 12.7. The number of fused-ring (bicyclic) bond motifs is 1. The van der Waals surface area contributed by atoms with E-state index in [1.165, 1.54) is 9.36 Å². The van der Waals surface area contributed by atoms with E-state index in [0.717, 1.165) is 30.7 Å². The highest BCUT2D eigenvalue weighted by Crippen LogP contribution is 2.21. The molecule has 206 valence electrons. The summed E-state index contributed by atoms with van der Waals surface area (Å²) in [6.45, 7) is 6.41. The molecule has 13 heteroatoms. The van der Waals surface area contributed by atoms with Gasteiger partial charge in [0.15, 0.2) is 11.2 Å². The van der Waals surface area contributed by atoms with Crippen molar-refractivity contribution < 1.29 is 24.2 Å². The fraction of sp³-hybridized carbons (Fsp3) is 0.423. The van der Waals surface area contributed by atoms with E-state index in [4.69, 9.17) is 14.6 Å². The second kappa shape index (κ2) is 12.3. The molecule has 0 amide bonds. The van der Waals surface area contributed by atoms with Crippen LogP contribution in [0, 0.1) is 0 Å². The zero-order chi connectivity index (χ0) is 27.8. The number of anilines is 2. The second-order valence-corrected chi connectivity index (χ2v) is 9.90. The van der Waals surface area contributed by atoms with Gasteiger partial charge >= 0.3 is 11.9 Å². The molecule has 2 N–H and O–H groups in total. The first-order chi connectivity index (χ1) is 18.7. The van der Waals surface area contributed by atoms with Gasteiger partial charge in [0.25, 0.3) is 0 Å². The van der Waals surface area contributed by atoms with Crippen molar-refractivity contribution in [2.45, 2.75) is 65.0 Å². The number of rotatable bonds is 13. The first kappa shape index (κ1) is 27.5. The predicted octanol–water partition coefficient (Wildman–Crippen LogP) is 3.91. The number of ether oxygens (including phenoxy) is 2. The van der Waals surface area contributed by atoms with Gasteiger partial charge in [-0.3, -0.25) is 14.3 Å². The molecule has 1 aromatic carbocycles. The maximum atomic E-state index is 11.8. The molecule has 0 spiro atoms. The molecule has 0 fully saturated rings. The van der Waals surface area contributed by atoms with Crippen LogP contribution in [-0.4, -0.2) is 64.0 Å². The van der Waals surface area contributed by atoms with Crippen LogP contribution < -0.4 is 10.1 Å². The Hall–Kier alpha value is -4.55. The van der Waals surface area contributed by atoms with E-state index in [2.05, 4.69) is 30.7 Å². The van der Waals surface area contributed by atoms with Gasteiger partial charge < -0.3 is 19.9 Å². The Bertz CT molecular complexity index is 1410. The number of esters is 1. The van der Waals surface area contributed by atoms with Crippen LogP contribution in [0.15, 0.2) is 42.9 Å². The van der Waals surface area contributed by atoms with E-state index in [1.807, 2.05) is 45.0 Å². The van der Waals surface area contributed by atoms with Crippen molar-refractivity contribution in [3.05, 3.63) is 42.9 Å². The number of aromatic nitrogens is 7. The van der Waals surface area contributed by atoms with Crippen molar-refractivity contribution in [2.75, 3.05) is 11.9 Å². The third kappa shape index (κ3) is 8.22. The summed E-state index contributed by atoms with van der Waals surface area (Å²) < 4.78 is 14.2. The number of aliphatic carboxylic acids is 1. The maximum absolute atomic E-state index is 11.8. The van der Waals surface area contributed by atoms with Gasteiger partial charge in [-0.25, -0.2) is 4.98 Å². The number of carboxylic acid groups (broad SMARTS) is 1. The minimum Gasteiger partial charge on any atom is -0.494 e. The summed E-state index contributed by atoms with van der Waals surface area (Å²) in [4.78, 5) is 31.4. The highest BCUT2D eigenvalue weighted by Gasteiger charge is 2.15. The first-order valence-electron chi connectivity index (χ1n) is 12.7. The van der Waals surface area contributed by atoms with Crippen molar-refractivity contribution >= 4 is 34.7 Å². The lowest BCUT2D eigenvalue weighted by molar-refractivity contribution is -0.155. The molecule has 0 aliphatic carbocycles. The van der Waals surface area contributed by atoms with Crippen LogP contribution in [0.3, 0.4) is 0 Å². The summed E-state index contributed by atoms with van der Waals surface area (Å²) in [5, 5.41) is 24.4. The van der Waals surface area contributed by atoms with Gasteiger partial charge in [-0.15, -0.1) is 5.10 Å². The molecule has 0 radical (unpaired) electrons. The molecule has 3 aromatic heterocycles. The Morgan fingerprint density at radius 3 is 2.59 bits per heavy atom. The molecule has 0 saturated carbocycles. The van der Waals surface area contributed by atoms with Crippen molar-refractivity contribution in [3.63, 3.8) is 0 Å². The van der Waals surface area contributed by atoms with E-state index in [-0.39, 0.29) is 18.9 Å². The van der Waals surface area contributed by atoms with Gasteiger partial charge in [0.1, 0.15) is 17.0 Å². The number of hydrogen-bond donors (Lipinski definition) is 2. The minimum absolute atomic E-state index is 0.0326. The summed E-state index contributed by atoms with van der Waals surface area (Å²) in [5.41, 5.74) is 1.93. The second-order valence-electron chi connectivity index (χ2n) is 9.90. The molecule has 0 aliphatic heterocycles. The molecular weight excluding hydrogens is 504 g/mol. The van der Waals surface area contributed by atoms with E-state index in [9.17, 15) is 9.59 Å². The number of hydrogen-bond acceptors (Lipinski definition) is 10. The number of unbranched alkanes of at least 4 members (excludes halogenated alkanes) is 2. The van der Waals surface area contributed by atoms with Gasteiger partial charge in [0, 0.05) is 12.1 Å². The van der Waals surface area contributed by atoms with Crippen LogP contribution in [0.25, 0.3) is 16.9 Å². The summed E-state index contributed by atoms with van der Waals surface area (Å²) in [6.07, 6.45) is 7.71. The molecule has 0 unspecified atom stereocenters. The third-order valence-electron chi connectivity index (χ3n) is 5.44. The minimum atomic E-state index is -0.895.